The van der Waals surface area contributed by atoms with Gasteiger partial charge in [0.15, 0.2) is 5.75 Å². The summed E-state index contributed by atoms with van der Waals surface area (Å²) in [7, 11) is 1.73. The second-order valence-corrected chi connectivity index (χ2v) is 6.44. The van der Waals surface area contributed by atoms with E-state index in [4.69, 9.17) is 0 Å². The number of fused-ring (bicyclic) bond motifs is 1. The van der Waals surface area contributed by atoms with E-state index in [0.29, 0.717) is 11.4 Å². The fourth-order valence-corrected chi connectivity index (χ4v) is 3.09. The van der Waals surface area contributed by atoms with Gasteiger partial charge in [-0.15, -0.1) is 0 Å². The first-order chi connectivity index (χ1) is 11.9. The predicted octanol–water partition coefficient (Wildman–Crippen LogP) is 3.24. The Balaban J connectivity index is 2.25. The van der Waals surface area contributed by atoms with E-state index in [1.54, 1.807) is 17.8 Å². The van der Waals surface area contributed by atoms with Gasteiger partial charge < -0.3 is 19.8 Å². The Morgan fingerprint density at radius 1 is 1.32 bits per heavy atom. The smallest absolute Gasteiger partial charge is 0.224 e. The van der Waals surface area contributed by atoms with Gasteiger partial charge in [-0.05, 0) is 25.8 Å². The maximum Gasteiger partial charge on any atom is 0.224 e. The zero-order valence-electron chi connectivity index (χ0n) is 14.6. The molecule has 3 aromatic rings. The van der Waals surface area contributed by atoms with E-state index >= 15 is 0 Å². The lowest BCUT2D eigenvalue weighted by molar-refractivity contribution is 0.271. The van der Waals surface area contributed by atoms with Crippen LogP contribution in [0.15, 0.2) is 46.9 Å². The lowest BCUT2D eigenvalue weighted by Gasteiger charge is -2.14. The number of hydrogen-bond acceptors (Lipinski definition) is 3. The number of para-hydroxylation sites is 1. The van der Waals surface area contributed by atoms with Gasteiger partial charge in [0, 0.05) is 41.5 Å². The summed E-state index contributed by atoms with van der Waals surface area (Å²) in [6.07, 6.45) is 4.77. The van der Waals surface area contributed by atoms with Crippen LogP contribution in [0, 0.1) is 0 Å². The van der Waals surface area contributed by atoms with Crippen LogP contribution in [0.25, 0.3) is 22.2 Å². The summed E-state index contributed by atoms with van der Waals surface area (Å²) in [4.78, 5) is 15.3. The molecule has 5 heteroatoms. The Morgan fingerprint density at radius 3 is 2.76 bits per heavy atom. The molecule has 5 nitrogen and oxygen atoms in total. The van der Waals surface area contributed by atoms with Gasteiger partial charge in [0.05, 0.1) is 12.3 Å². The molecule has 0 saturated carbocycles. The Bertz CT molecular complexity index is 1020. The number of H-pyrrole nitrogens is 1. The van der Waals surface area contributed by atoms with Crippen LogP contribution in [0.1, 0.15) is 25.1 Å². The lowest BCUT2D eigenvalue weighted by atomic mass is 10.0. The van der Waals surface area contributed by atoms with E-state index in [1.807, 2.05) is 12.1 Å². The highest BCUT2D eigenvalue weighted by atomic mass is 16.3. The number of pyridine rings is 1. The van der Waals surface area contributed by atoms with Crippen LogP contribution < -0.4 is 5.43 Å². The Labute approximate surface area is 145 Å². The highest BCUT2D eigenvalue weighted by Gasteiger charge is 2.18. The summed E-state index contributed by atoms with van der Waals surface area (Å²) in [6.45, 7) is 3.86. The van der Waals surface area contributed by atoms with Crippen molar-refractivity contribution in [2.45, 2.75) is 26.9 Å². The SMILES string of the molecule is CC(C)=CCc1cccc2c(-c3c(O)c(=O)cc(CO)n3C)c[nH]c12. The molecule has 0 fully saturated rings. The third-order valence-electron chi connectivity index (χ3n) is 4.47. The molecule has 0 saturated heterocycles. The van der Waals surface area contributed by atoms with Crippen molar-refractivity contribution >= 4 is 10.9 Å². The number of aliphatic hydroxyl groups is 1. The summed E-state index contributed by atoms with van der Waals surface area (Å²) in [5, 5.41) is 20.7. The van der Waals surface area contributed by atoms with Crippen molar-refractivity contribution in [1.29, 1.82) is 0 Å². The van der Waals surface area contributed by atoms with Crippen LogP contribution >= 0.6 is 0 Å². The van der Waals surface area contributed by atoms with Crippen molar-refractivity contribution in [3.05, 3.63) is 63.6 Å². The van der Waals surface area contributed by atoms with Crippen LogP contribution in [-0.2, 0) is 20.1 Å². The van der Waals surface area contributed by atoms with E-state index in [9.17, 15) is 15.0 Å². The van der Waals surface area contributed by atoms with Crippen LogP contribution in [0.2, 0.25) is 0 Å². The number of aromatic hydroxyl groups is 1. The number of aliphatic hydroxyl groups excluding tert-OH is 1. The summed E-state index contributed by atoms with van der Waals surface area (Å²) < 4.78 is 1.65. The quantitative estimate of drug-likeness (QED) is 0.639. The first kappa shape index (κ1) is 17.0. The number of benzene rings is 1. The van der Waals surface area contributed by atoms with Crippen LogP contribution in [0.4, 0.5) is 0 Å². The van der Waals surface area contributed by atoms with Crippen LogP contribution in [0.5, 0.6) is 5.75 Å². The minimum absolute atomic E-state index is 0.271. The number of nitrogens with one attached hydrogen (secondary N) is 1. The molecule has 0 spiro atoms. The predicted molar refractivity (Wildman–Crippen MR) is 99.7 cm³/mol. The summed E-state index contributed by atoms with van der Waals surface area (Å²) >= 11 is 0. The van der Waals surface area contributed by atoms with E-state index in [0.717, 1.165) is 28.5 Å². The highest BCUT2D eigenvalue weighted by Crippen LogP contribution is 2.34. The maximum absolute atomic E-state index is 12.1. The molecular formula is C20H22N2O3. The molecule has 3 N–H and O–H groups in total. The second kappa shape index (κ2) is 6.61. The standard InChI is InChI=1S/C20H22N2O3/c1-12(2)7-8-13-5-4-6-15-16(10-21-18(13)15)19-20(25)17(24)9-14(11-23)22(19)3/h4-7,9-10,21,23,25H,8,11H2,1-3H3. The van der Waals surface area contributed by atoms with Gasteiger partial charge in [-0.25, -0.2) is 0 Å². The molecule has 0 bridgehead atoms. The zero-order chi connectivity index (χ0) is 18.1. The molecule has 0 atom stereocenters. The molecule has 0 aliphatic carbocycles. The summed E-state index contributed by atoms with van der Waals surface area (Å²) in [5.74, 6) is -0.310. The second-order valence-electron chi connectivity index (χ2n) is 6.44. The average molecular weight is 338 g/mol. The molecule has 130 valence electrons. The minimum atomic E-state index is -0.493. The topological polar surface area (TPSA) is 78.2 Å². The fourth-order valence-electron chi connectivity index (χ4n) is 3.09. The van der Waals surface area contributed by atoms with Gasteiger partial charge in [0.2, 0.25) is 5.43 Å². The number of nitrogens with zero attached hydrogens (tertiary/aromatic N) is 1. The van der Waals surface area contributed by atoms with Crippen LogP contribution in [-0.4, -0.2) is 19.8 Å². The third kappa shape index (κ3) is 2.98. The number of hydrogen-bond donors (Lipinski definition) is 3. The molecule has 0 unspecified atom stereocenters. The van der Waals surface area contributed by atoms with Gasteiger partial charge in [0.1, 0.15) is 0 Å². The fraction of sp³-hybridized carbons (Fsp3) is 0.250. The number of rotatable bonds is 4. The average Bonchev–Trinajstić information content (AvgIpc) is 3.01. The van der Waals surface area contributed by atoms with Gasteiger partial charge in [-0.2, -0.15) is 0 Å². The van der Waals surface area contributed by atoms with Gasteiger partial charge in [-0.1, -0.05) is 29.8 Å². The van der Waals surface area contributed by atoms with Crippen molar-refractivity contribution in [3.63, 3.8) is 0 Å². The number of allylic oxidation sites excluding steroid dienone is 2. The van der Waals surface area contributed by atoms with E-state index < -0.39 is 5.43 Å². The maximum atomic E-state index is 12.1. The van der Waals surface area contributed by atoms with E-state index in [1.165, 1.54) is 11.6 Å². The van der Waals surface area contributed by atoms with E-state index in [-0.39, 0.29) is 12.4 Å². The summed E-state index contributed by atoms with van der Waals surface area (Å²) in [5.41, 5.74) is 4.48. The normalized spacial score (nSPS) is 11.0. The molecule has 2 heterocycles. The largest absolute Gasteiger partial charge is 0.503 e. The van der Waals surface area contributed by atoms with E-state index in [2.05, 4.69) is 31.0 Å². The molecule has 0 aliphatic heterocycles. The third-order valence-corrected chi connectivity index (χ3v) is 4.47. The van der Waals surface area contributed by atoms with Gasteiger partial charge in [0.25, 0.3) is 0 Å². The molecule has 25 heavy (non-hydrogen) atoms. The van der Waals surface area contributed by atoms with Crippen molar-refractivity contribution in [1.82, 2.24) is 9.55 Å². The van der Waals surface area contributed by atoms with Crippen molar-refractivity contribution < 1.29 is 10.2 Å². The number of aromatic nitrogens is 2. The van der Waals surface area contributed by atoms with Crippen molar-refractivity contribution in [3.8, 4) is 17.0 Å². The zero-order valence-corrected chi connectivity index (χ0v) is 14.6. The highest BCUT2D eigenvalue weighted by molar-refractivity contribution is 5.97. The molecule has 0 aliphatic rings. The Kier molecular flexibility index (Phi) is 4.51. The molecule has 0 amide bonds. The molecular weight excluding hydrogens is 316 g/mol. The summed E-state index contributed by atoms with van der Waals surface area (Å²) in [6, 6.07) is 7.25. The molecule has 3 rings (SSSR count). The first-order valence-electron chi connectivity index (χ1n) is 8.19. The monoisotopic (exact) mass is 338 g/mol. The van der Waals surface area contributed by atoms with Crippen molar-refractivity contribution in [2.75, 3.05) is 0 Å². The van der Waals surface area contributed by atoms with Gasteiger partial charge in [-0.3, -0.25) is 4.79 Å². The molecule has 1 aromatic carbocycles. The number of aromatic amines is 1. The van der Waals surface area contributed by atoms with Crippen molar-refractivity contribution in [2.24, 2.45) is 7.05 Å². The Hall–Kier alpha value is -2.79. The molecule has 0 radical (unpaired) electrons. The lowest BCUT2D eigenvalue weighted by Crippen LogP contribution is -2.13. The molecule has 2 aromatic heterocycles. The Morgan fingerprint density at radius 2 is 2.08 bits per heavy atom. The van der Waals surface area contributed by atoms with Gasteiger partial charge >= 0.3 is 0 Å². The minimum Gasteiger partial charge on any atom is -0.503 e. The van der Waals surface area contributed by atoms with Crippen LogP contribution in [0.3, 0.4) is 0 Å². The first-order valence-corrected chi connectivity index (χ1v) is 8.19.